The lowest BCUT2D eigenvalue weighted by atomic mass is 9.83. The monoisotopic (exact) mass is 281 g/mol. The lowest BCUT2D eigenvalue weighted by Gasteiger charge is -2.26. The molecule has 1 rings (SSSR count). The van der Waals surface area contributed by atoms with Crippen molar-refractivity contribution in [1.29, 1.82) is 0 Å². The van der Waals surface area contributed by atoms with Crippen LogP contribution in [0.25, 0.3) is 0 Å². The molecule has 0 saturated carbocycles. The lowest BCUT2D eigenvalue weighted by Crippen LogP contribution is -2.44. The zero-order valence-electron chi connectivity index (χ0n) is 12.7. The number of hydrogen-bond donors (Lipinski definition) is 1. The predicted octanol–water partition coefficient (Wildman–Crippen LogP) is 1.71. The summed E-state index contributed by atoms with van der Waals surface area (Å²) in [4.78, 5) is 12.4. The van der Waals surface area contributed by atoms with Crippen LogP contribution in [0.5, 0.6) is 5.75 Å². The zero-order valence-corrected chi connectivity index (χ0v) is 12.7. The largest absolute Gasteiger partial charge is 0.496 e. The molecule has 0 fully saturated rings. The molecule has 0 aliphatic carbocycles. The van der Waals surface area contributed by atoms with E-state index in [2.05, 4.69) is 5.32 Å². The molecular weight excluding hydrogens is 258 g/mol. The van der Waals surface area contributed by atoms with Crippen molar-refractivity contribution in [3.05, 3.63) is 29.8 Å². The molecule has 0 aliphatic heterocycles. The summed E-state index contributed by atoms with van der Waals surface area (Å²) in [6.07, 6.45) is -0.451. The molecule has 112 valence electrons. The van der Waals surface area contributed by atoms with Crippen LogP contribution in [0, 0.1) is 0 Å². The number of hydrogen-bond acceptors (Lipinski definition) is 4. The molecule has 0 saturated heterocycles. The van der Waals surface area contributed by atoms with Gasteiger partial charge >= 0.3 is 0 Å². The number of ether oxygens (including phenoxy) is 3. The Kier molecular flexibility index (Phi) is 5.98. The van der Waals surface area contributed by atoms with E-state index in [1.54, 1.807) is 7.11 Å². The molecule has 0 bridgehead atoms. The summed E-state index contributed by atoms with van der Waals surface area (Å²) in [6, 6.07) is 7.50. The van der Waals surface area contributed by atoms with E-state index in [-0.39, 0.29) is 5.91 Å². The van der Waals surface area contributed by atoms with Gasteiger partial charge in [0.15, 0.2) is 6.29 Å². The van der Waals surface area contributed by atoms with Gasteiger partial charge < -0.3 is 19.5 Å². The minimum Gasteiger partial charge on any atom is -0.496 e. The smallest absolute Gasteiger partial charge is 0.230 e. The van der Waals surface area contributed by atoms with E-state index in [1.807, 2.05) is 38.1 Å². The highest BCUT2D eigenvalue weighted by molar-refractivity contribution is 5.88. The molecule has 0 spiro atoms. The van der Waals surface area contributed by atoms with Gasteiger partial charge in [0.1, 0.15) is 5.75 Å². The predicted molar refractivity (Wildman–Crippen MR) is 76.8 cm³/mol. The molecule has 0 heterocycles. The van der Waals surface area contributed by atoms with Crippen molar-refractivity contribution in [1.82, 2.24) is 5.32 Å². The number of amides is 1. The van der Waals surface area contributed by atoms with Gasteiger partial charge in [-0.3, -0.25) is 4.79 Å². The topological polar surface area (TPSA) is 56.8 Å². The normalized spacial score (nSPS) is 11.5. The molecule has 20 heavy (non-hydrogen) atoms. The van der Waals surface area contributed by atoms with E-state index in [9.17, 15) is 4.79 Å². The first-order valence-electron chi connectivity index (χ1n) is 6.44. The van der Waals surface area contributed by atoms with Gasteiger partial charge in [-0.15, -0.1) is 0 Å². The molecule has 1 N–H and O–H groups in total. The van der Waals surface area contributed by atoms with Gasteiger partial charge in [0.2, 0.25) is 5.91 Å². The molecule has 5 heteroatoms. The molecule has 5 nitrogen and oxygen atoms in total. The number of benzene rings is 1. The van der Waals surface area contributed by atoms with Crippen LogP contribution in [-0.2, 0) is 19.7 Å². The van der Waals surface area contributed by atoms with Gasteiger partial charge in [-0.1, -0.05) is 18.2 Å². The number of nitrogens with one attached hydrogen (secondary N) is 1. The zero-order chi connectivity index (χ0) is 15.2. The Balaban J connectivity index is 2.84. The highest BCUT2D eigenvalue weighted by atomic mass is 16.7. The maximum Gasteiger partial charge on any atom is 0.230 e. The van der Waals surface area contributed by atoms with Crippen molar-refractivity contribution < 1.29 is 19.0 Å². The molecular formula is C15H23NO4. The standard InChI is InChI=1S/C15H23NO4/c1-15(2,11-8-6-7-9-12(11)18-3)14(17)16-10-13(19-4)20-5/h6-9,13H,10H2,1-5H3,(H,16,17). The summed E-state index contributed by atoms with van der Waals surface area (Å²) in [5.41, 5.74) is 0.130. The average molecular weight is 281 g/mol. The van der Waals surface area contributed by atoms with E-state index in [4.69, 9.17) is 14.2 Å². The van der Waals surface area contributed by atoms with Crippen molar-refractivity contribution in [2.45, 2.75) is 25.6 Å². The van der Waals surface area contributed by atoms with Gasteiger partial charge in [0.05, 0.1) is 19.1 Å². The van der Waals surface area contributed by atoms with Crippen LogP contribution >= 0.6 is 0 Å². The summed E-state index contributed by atoms with van der Waals surface area (Å²) < 4.78 is 15.4. The average Bonchev–Trinajstić information content (AvgIpc) is 2.47. The Labute approximate surface area is 120 Å². The van der Waals surface area contributed by atoms with Crippen LogP contribution in [0.1, 0.15) is 19.4 Å². The third-order valence-electron chi connectivity index (χ3n) is 3.30. The van der Waals surface area contributed by atoms with Crippen LogP contribution in [0.15, 0.2) is 24.3 Å². The molecule has 0 aromatic heterocycles. The second kappa shape index (κ2) is 7.26. The van der Waals surface area contributed by atoms with Crippen LogP contribution in [0.3, 0.4) is 0 Å². The van der Waals surface area contributed by atoms with E-state index in [1.165, 1.54) is 14.2 Å². The fourth-order valence-electron chi connectivity index (χ4n) is 1.94. The van der Waals surface area contributed by atoms with Crippen molar-refractivity contribution in [3.63, 3.8) is 0 Å². The Morgan fingerprint density at radius 2 is 1.80 bits per heavy atom. The molecule has 1 aromatic carbocycles. The van der Waals surface area contributed by atoms with Gasteiger partial charge in [0, 0.05) is 19.8 Å². The fourth-order valence-corrected chi connectivity index (χ4v) is 1.94. The third kappa shape index (κ3) is 3.71. The number of carbonyl (C=O) groups is 1. The second-order valence-corrected chi connectivity index (χ2v) is 4.94. The highest BCUT2D eigenvalue weighted by Gasteiger charge is 2.32. The molecule has 1 aromatic rings. The summed E-state index contributed by atoms with van der Waals surface area (Å²) in [6.45, 7) is 4.01. The van der Waals surface area contributed by atoms with Gasteiger partial charge in [-0.2, -0.15) is 0 Å². The Morgan fingerprint density at radius 1 is 1.20 bits per heavy atom. The fraction of sp³-hybridized carbons (Fsp3) is 0.533. The summed E-state index contributed by atoms with van der Waals surface area (Å²) in [5.74, 6) is 0.587. The molecule has 0 radical (unpaired) electrons. The number of para-hydroxylation sites is 1. The summed E-state index contributed by atoms with van der Waals surface area (Å²) >= 11 is 0. The highest BCUT2D eigenvalue weighted by Crippen LogP contribution is 2.31. The summed E-state index contributed by atoms with van der Waals surface area (Å²) in [5, 5.41) is 2.83. The summed E-state index contributed by atoms with van der Waals surface area (Å²) in [7, 11) is 4.66. The minimum atomic E-state index is -0.710. The Bertz CT molecular complexity index is 441. The van der Waals surface area contributed by atoms with E-state index in [0.29, 0.717) is 12.3 Å². The number of carbonyl (C=O) groups excluding carboxylic acids is 1. The quantitative estimate of drug-likeness (QED) is 0.773. The van der Waals surface area contributed by atoms with Gasteiger partial charge in [0.25, 0.3) is 0 Å². The van der Waals surface area contributed by atoms with Crippen LogP contribution in [0.2, 0.25) is 0 Å². The number of rotatable bonds is 7. The van der Waals surface area contributed by atoms with Crippen molar-refractivity contribution in [2.75, 3.05) is 27.9 Å². The third-order valence-corrected chi connectivity index (χ3v) is 3.30. The van der Waals surface area contributed by atoms with Crippen LogP contribution in [0.4, 0.5) is 0 Å². The van der Waals surface area contributed by atoms with E-state index >= 15 is 0 Å². The minimum absolute atomic E-state index is 0.110. The Morgan fingerprint density at radius 3 is 2.35 bits per heavy atom. The molecule has 1 amide bonds. The first-order valence-corrected chi connectivity index (χ1v) is 6.44. The first-order chi connectivity index (χ1) is 9.47. The van der Waals surface area contributed by atoms with Crippen molar-refractivity contribution in [2.24, 2.45) is 0 Å². The van der Waals surface area contributed by atoms with E-state index in [0.717, 1.165) is 5.56 Å². The van der Waals surface area contributed by atoms with Crippen LogP contribution in [-0.4, -0.2) is 40.1 Å². The molecule has 0 aliphatic rings. The molecule has 0 atom stereocenters. The van der Waals surface area contributed by atoms with E-state index < -0.39 is 11.7 Å². The van der Waals surface area contributed by atoms with Crippen molar-refractivity contribution >= 4 is 5.91 Å². The van der Waals surface area contributed by atoms with Gasteiger partial charge in [-0.25, -0.2) is 0 Å². The Hall–Kier alpha value is -1.59. The maximum absolute atomic E-state index is 12.4. The van der Waals surface area contributed by atoms with Gasteiger partial charge in [-0.05, 0) is 19.9 Å². The first kappa shape index (κ1) is 16.5. The SMILES string of the molecule is COc1ccccc1C(C)(C)C(=O)NCC(OC)OC. The number of methoxy groups -OCH3 is 3. The van der Waals surface area contributed by atoms with Crippen molar-refractivity contribution in [3.8, 4) is 5.75 Å². The molecule has 0 unspecified atom stereocenters. The second-order valence-electron chi connectivity index (χ2n) is 4.94. The van der Waals surface area contributed by atoms with Crippen LogP contribution < -0.4 is 10.1 Å². The lowest BCUT2D eigenvalue weighted by molar-refractivity contribution is -0.131. The maximum atomic E-state index is 12.4.